The van der Waals surface area contributed by atoms with E-state index in [-0.39, 0.29) is 10.3 Å². The first-order valence-electron chi connectivity index (χ1n) is 5.94. The van der Waals surface area contributed by atoms with E-state index in [1.54, 1.807) is 12.1 Å². The summed E-state index contributed by atoms with van der Waals surface area (Å²) in [4.78, 5) is 0.184. The molecule has 18 heavy (non-hydrogen) atoms. The van der Waals surface area contributed by atoms with Gasteiger partial charge in [0, 0.05) is 12.8 Å². The van der Waals surface area contributed by atoms with Gasteiger partial charge in [-0.2, -0.15) is 0 Å². The first-order valence-corrected chi connectivity index (χ1v) is 7.83. The van der Waals surface area contributed by atoms with Gasteiger partial charge in [0.25, 0.3) is 0 Å². The van der Waals surface area contributed by atoms with Crippen LogP contribution in [0, 0.1) is 5.41 Å². The van der Waals surface area contributed by atoms with Gasteiger partial charge in [0.2, 0.25) is 0 Å². The van der Waals surface area contributed by atoms with E-state index in [0.717, 1.165) is 19.2 Å². The first kappa shape index (κ1) is 14.8. The van der Waals surface area contributed by atoms with Crippen LogP contribution in [0.1, 0.15) is 27.2 Å². The Hall–Kier alpha value is -1.23. The van der Waals surface area contributed by atoms with Crippen LogP contribution < -0.4 is 11.1 Å². The van der Waals surface area contributed by atoms with Gasteiger partial charge >= 0.3 is 0 Å². The average Bonchev–Trinajstić information content (AvgIpc) is 2.17. The van der Waals surface area contributed by atoms with Crippen LogP contribution in [0.4, 0.5) is 11.4 Å². The summed E-state index contributed by atoms with van der Waals surface area (Å²) in [6.07, 6.45) is 2.15. The molecule has 0 atom stereocenters. The quantitative estimate of drug-likeness (QED) is 0.825. The predicted octanol–water partition coefficient (Wildman–Crippen LogP) is 2.52. The molecule has 4 nitrogen and oxygen atoms in total. The molecule has 5 heteroatoms. The molecule has 0 bridgehead atoms. The molecule has 1 aromatic rings. The molecule has 0 spiro atoms. The van der Waals surface area contributed by atoms with Gasteiger partial charge in [0.05, 0.1) is 16.3 Å². The number of para-hydroxylation sites is 1. The highest BCUT2D eigenvalue weighted by molar-refractivity contribution is 7.90. The molecule has 0 aromatic heterocycles. The van der Waals surface area contributed by atoms with Crippen molar-refractivity contribution in [3.8, 4) is 0 Å². The predicted molar refractivity (Wildman–Crippen MR) is 76.5 cm³/mol. The summed E-state index contributed by atoms with van der Waals surface area (Å²) >= 11 is 0. The Morgan fingerprint density at radius 3 is 2.39 bits per heavy atom. The zero-order chi connectivity index (χ0) is 14.0. The minimum atomic E-state index is -3.27. The van der Waals surface area contributed by atoms with E-state index in [2.05, 4.69) is 26.1 Å². The Labute approximate surface area is 110 Å². The van der Waals surface area contributed by atoms with Crippen LogP contribution in [-0.2, 0) is 9.84 Å². The van der Waals surface area contributed by atoms with E-state index >= 15 is 0 Å². The lowest BCUT2D eigenvalue weighted by Gasteiger charge is -2.19. The second-order valence-electron chi connectivity index (χ2n) is 5.73. The van der Waals surface area contributed by atoms with Gasteiger partial charge in [-0.3, -0.25) is 0 Å². The van der Waals surface area contributed by atoms with Crippen molar-refractivity contribution in [3.05, 3.63) is 18.2 Å². The van der Waals surface area contributed by atoms with E-state index in [4.69, 9.17) is 5.73 Å². The molecule has 3 N–H and O–H groups in total. The monoisotopic (exact) mass is 270 g/mol. The van der Waals surface area contributed by atoms with E-state index in [1.807, 2.05) is 0 Å². The van der Waals surface area contributed by atoms with Crippen LogP contribution >= 0.6 is 0 Å². The normalized spacial score (nSPS) is 12.4. The van der Waals surface area contributed by atoms with Gasteiger partial charge < -0.3 is 11.1 Å². The van der Waals surface area contributed by atoms with Crippen LogP contribution in [0.25, 0.3) is 0 Å². The van der Waals surface area contributed by atoms with Gasteiger partial charge in [-0.25, -0.2) is 8.42 Å². The van der Waals surface area contributed by atoms with Crippen molar-refractivity contribution < 1.29 is 8.42 Å². The molecule has 102 valence electrons. The summed E-state index contributed by atoms with van der Waals surface area (Å²) in [7, 11) is -3.27. The lowest BCUT2D eigenvalue weighted by atomic mass is 9.92. The third-order valence-corrected chi connectivity index (χ3v) is 3.81. The Kier molecular flexibility index (Phi) is 4.27. The summed E-state index contributed by atoms with van der Waals surface area (Å²) in [5.41, 5.74) is 7.09. The SMILES string of the molecule is CC(C)(C)CCNc1cccc(S(C)(=O)=O)c1N. The van der Waals surface area contributed by atoms with Gasteiger partial charge in [-0.15, -0.1) is 0 Å². The number of hydrogen-bond donors (Lipinski definition) is 2. The third kappa shape index (κ3) is 4.22. The van der Waals surface area contributed by atoms with Gasteiger partial charge in [-0.05, 0) is 24.0 Å². The molecule has 0 radical (unpaired) electrons. The second-order valence-corrected chi connectivity index (χ2v) is 7.71. The Morgan fingerprint density at radius 1 is 1.28 bits per heavy atom. The van der Waals surface area contributed by atoms with Crippen LogP contribution in [0.3, 0.4) is 0 Å². The maximum atomic E-state index is 11.5. The fraction of sp³-hybridized carbons (Fsp3) is 0.538. The number of benzene rings is 1. The summed E-state index contributed by atoms with van der Waals surface area (Å²) in [5.74, 6) is 0. The van der Waals surface area contributed by atoms with Crippen molar-refractivity contribution in [3.63, 3.8) is 0 Å². The fourth-order valence-electron chi connectivity index (χ4n) is 1.59. The van der Waals surface area contributed by atoms with E-state index in [9.17, 15) is 8.42 Å². The molecule has 0 unspecified atom stereocenters. The van der Waals surface area contributed by atoms with Crippen LogP contribution in [-0.4, -0.2) is 21.2 Å². The first-order chi connectivity index (χ1) is 8.11. The van der Waals surface area contributed by atoms with Crippen LogP contribution in [0.2, 0.25) is 0 Å². The Balaban J connectivity index is 2.86. The molecule has 1 rings (SSSR count). The lowest BCUT2D eigenvalue weighted by molar-refractivity contribution is 0.390. The molecule has 0 heterocycles. The lowest BCUT2D eigenvalue weighted by Crippen LogP contribution is -2.14. The Morgan fingerprint density at radius 2 is 1.89 bits per heavy atom. The van der Waals surface area contributed by atoms with Crippen molar-refractivity contribution in [2.75, 3.05) is 23.9 Å². The summed E-state index contributed by atoms with van der Waals surface area (Å²) < 4.78 is 23.1. The summed E-state index contributed by atoms with van der Waals surface area (Å²) in [6, 6.07) is 5.03. The number of anilines is 2. The maximum Gasteiger partial charge on any atom is 0.177 e. The fourth-order valence-corrected chi connectivity index (χ4v) is 2.43. The number of rotatable bonds is 4. The molecule has 0 saturated heterocycles. The molecular formula is C13H22N2O2S. The third-order valence-electron chi connectivity index (χ3n) is 2.66. The highest BCUT2D eigenvalue weighted by atomic mass is 32.2. The van der Waals surface area contributed by atoms with Crippen molar-refractivity contribution in [2.45, 2.75) is 32.1 Å². The highest BCUT2D eigenvalue weighted by Gasteiger charge is 2.14. The van der Waals surface area contributed by atoms with Crippen LogP contribution in [0.5, 0.6) is 0 Å². The molecular weight excluding hydrogens is 248 g/mol. The Bertz CT molecular complexity index is 516. The minimum absolute atomic E-state index is 0.184. The largest absolute Gasteiger partial charge is 0.396 e. The summed E-state index contributed by atoms with van der Waals surface area (Å²) in [5, 5.41) is 3.19. The van der Waals surface area contributed by atoms with Crippen molar-refractivity contribution in [1.29, 1.82) is 0 Å². The maximum absolute atomic E-state index is 11.5. The van der Waals surface area contributed by atoms with Crippen LogP contribution in [0.15, 0.2) is 23.1 Å². The zero-order valence-electron chi connectivity index (χ0n) is 11.4. The second kappa shape index (κ2) is 5.18. The summed E-state index contributed by atoms with van der Waals surface area (Å²) in [6.45, 7) is 7.24. The molecule has 1 aromatic carbocycles. The zero-order valence-corrected chi connectivity index (χ0v) is 12.3. The topological polar surface area (TPSA) is 72.2 Å². The van der Waals surface area contributed by atoms with E-state index in [0.29, 0.717) is 11.4 Å². The number of nitrogens with one attached hydrogen (secondary N) is 1. The standard InChI is InChI=1S/C13H22N2O2S/c1-13(2,3)8-9-15-10-6-5-7-11(12(10)14)18(4,16)17/h5-7,15H,8-9,14H2,1-4H3. The number of nitrogen functional groups attached to an aromatic ring is 1. The molecule has 0 aliphatic heterocycles. The molecule has 0 aliphatic carbocycles. The van der Waals surface area contributed by atoms with E-state index < -0.39 is 9.84 Å². The van der Waals surface area contributed by atoms with Gasteiger partial charge in [-0.1, -0.05) is 26.8 Å². The number of hydrogen-bond acceptors (Lipinski definition) is 4. The smallest absolute Gasteiger partial charge is 0.177 e. The molecule has 0 amide bonds. The molecule has 0 saturated carbocycles. The minimum Gasteiger partial charge on any atom is -0.396 e. The number of sulfone groups is 1. The van der Waals surface area contributed by atoms with Gasteiger partial charge in [0.15, 0.2) is 9.84 Å². The highest BCUT2D eigenvalue weighted by Crippen LogP contribution is 2.27. The van der Waals surface area contributed by atoms with Gasteiger partial charge in [0.1, 0.15) is 0 Å². The molecule has 0 aliphatic rings. The van der Waals surface area contributed by atoms with E-state index in [1.165, 1.54) is 6.07 Å². The van der Waals surface area contributed by atoms with Crippen molar-refractivity contribution >= 4 is 21.2 Å². The average molecular weight is 270 g/mol. The number of nitrogens with two attached hydrogens (primary N) is 1. The molecule has 0 fully saturated rings. The van der Waals surface area contributed by atoms with Crippen molar-refractivity contribution in [2.24, 2.45) is 5.41 Å². The van der Waals surface area contributed by atoms with Crippen molar-refractivity contribution in [1.82, 2.24) is 0 Å².